The summed E-state index contributed by atoms with van der Waals surface area (Å²) in [6, 6.07) is 29.8. The van der Waals surface area contributed by atoms with Gasteiger partial charge in [0.15, 0.2) is 0 Å². The van der Waals surface area contributed by atoms with Gasteiger partial charge in [-0.05, 0) is 42.2 Å². The van der Waals surface area contributed by atoms with E-state index in [1.807, 2.05) is 36.5 Å². The van der Waals surface area contributed by atoms with Gasteiger partial charge in [0.2, 0.25) is 0 Å². The minimum absolute atomic E-state index is 0. The van der Waals surface area contributed by atoms with Crippen LogP contribution in [0.4, 0.5) is 5.69 Å². The molecule has 200 valence electrons. The Bertz CT molecular complexity index is 1750. The van der Waals surface area contributed by atoms with Crippen LogP contribution in [0.5, 0.6) is 11.5 Å². The van der Waals surface area contributed by atoms with Gasteiger partial charge in [0.05, 0.1) is 0 Å². The van der Waals surface area contributed by atoms with Crippen molar-refractivity contribution in [3.05, 3.63) is 109 Å². The van der Waals surface area contributed by atoms with Crippen LogP contribution in [-0.4, -0.2) is 21.5 Å². The van der Waals surface area contributed by atoms with Gasteiger partial charge in [-0.3, -0.25) is 0 Å². The third-order valence-electron chi connectivity index (χ3n) is 8.55. The summed E-state index contributed by atoms with van der Waals surface area (Å²) in [5.74, 6) is 2.16. The smallest absolute Gasteiger partial charge is 0.135 e. The number of benzene rings is 3. The van der Waals surface area contributed by atoms with E-state index in [9.17, 15) is 0 Å². The summed E-state index contributed by atoms with van der Waals surface area (Å²) in [5.41, 5.74) is 5.46. The molecule has 0 N–H and O–H groups in total. The van der Waals surface area contributed by atoms with Crippen molar-refractivity contribution < 1.29 is 25.8 Å². The zero-order chi connectivity index (χ0) is 26.2. The molecule has 0 bridgehead atoms. The molecule has 0 saturated heterocycles. The molecule has 0 radical (unpaired) electrons. The number of hydrogen-bond donors (Lipinski definition) is 0. The van der Waals surface area contributed by atoms with E-state index in [0.29, 0.717) is 11.5 Å². The number of ether oxygens (including phenoxy) is 1. The van der Waals surface area contributed by atoms with Crippen molar-refractivity contribution in [3.8, 4) is 17.3 Å². The maximum Gasteiger partial charge on any atom is 0.135 e. The minimum atomic E-state index is -0.0760. The molecule has 7 rings (SSSR count). The van der Waals surface area contributed by atoms with Crippen LogP contribution < -0.4 is 9.64 Å². The summed E-state index contributed by atoms with van der Waals surface area (Å²) in [6.45, 7) is 11.4. The number of para-hydroxylation sites is 1. The molecule has 0 saturated carbocycles. The van der Waals surface area contributed by atoms with Gasteiger partial charge in [0.25, 0.3) is 0 Å². The number of hydrogen-bond acceptors (Lipinski definition) is 4. The second-order valence-corrected chi connectivity index (χ2v) is 11.2. The summed E-state index contributed by atoms with van der Waals surface area (Å²) < 4.78 is 8.56. The van der Waals surface area contributed by atoms with Crippen LogP contribution in [0.1, 0.15) is 33.3 Å². The first kappa shape index (κ1) is 25.7. The average molecular weight is 693 g/mol. The number of aromatic nitrogens is 2. The standard InChI is InChI=1S/C33H29N4O.Pt/c1-32(2)26-16-14-23(19-29(26)36-21-35(5)20-30(36)33(32,3)4)38-22-13-15-25-24-10-6-7-11-27(24)37(28(25)18-22)31-12-8-9-17-34-31;/h6-17,20-21H,1-5H3;/q-3;. The van der Waals surface area contributed by atoms with Gasteiger partial charge in [-0.1, -0.05) is 63.2 Å². The Labute approximate surface area is 244 Å². The Morgan fingerprint density at radius 3 is 2.36 bits per heavy atom. The van der Waals surface area contributed by atoms with Crippen LogP contribution in [-0.2, 0) is 26.5 Å². The topological polar surface area (TPSA) is 33.5 Å². The Morgan fingerprint density at radius 2 is 1.56 bits per heavy atom. The quantitative estimate of drug-likeness (QED) is 0.183. The van der Waals surface area contributed by atoms with Crippen LogP contribution in [0.2, 0.25) is 0 Å². The fourth-order valence-electron chi connectivity index (χ4n) is 5.82. The molecule has 0 unspecified atom stereocenters. The Morgan fingerprint density at radius 1 is 0.821 bits per heavy atom. The van der Waals surface area contributed by atoms with E-state index < -0.39 is 0 Å². The van der Waals surface area contributed by atoms with Gasteiger partial charge >= 0.3 is 0 Å². The van der Waals surface area contributed by atoms with Gasteiger partial charge in [-0.2, -0.15) is 18.8 Å². The van der Waals surface area contributed by atoms with Gasteiger partial charge in [-0.25, -0.2) is 4.98 Å². The van der Waals surface area contributed by atoms with Gasteiger partial charge in [0, 0.05) is 55.4 Å². The second kappa shape index (κ2) is 8.99. The molecule has 2 aliphatic rings. The normalized spacial score (nSPS) is 17.0. The predicted octanol–water partition coefficient (Wildman–Crippen LogP) is 7.60. The fraction of sp³-hybridized carbons (Fsp3) is 0.212. The first-order chi connectivity index (χ1) is 18.3. The number of anilines is 1. The summed E-state index contributed by atoms with van der Waals surface area (Å²) in [5, 5.41) is 2.27. The minimum Gasteiger partial charge on any atom is -0.510 e. The van der Waals surface area contributed by atoms with Crippen molar-refractivity contribution in [1.29, 1.82) is 0 Å². The third-order valence-corrected chi connectivity index (χ3v) is 8.55. The first-order valence-corrected chi connectivity index (χ1v) is 13.0. The largest absolute Gasteiger partial charge is 0.510 e. The van der Waals surface area contributed by atoms with Crippen molar-refractivity contribution >= 4 is 27.5 Å². The maximum absolute atomic E-state index is 6.42. The Hall–Kier alpha value is -3.56. The summed E-state index contributed by atoms with van der Waals surface area (Å²) >= 11 is 0. The van der Waals surface area contributed by atoms with Crippen molar-refractivity contribution in [2.24, 2.45) is 5.41 Å². The van der Waals surface area contributed by atoms with Gasteiger partial charge in [-0.15, -0.1) is 35.2 Å². The molecule has 3 aromatic carbocycles. The number of rotatable bonds is 3. The first-order valence-electron chi connectivity index (χ1n) is 13.0. The molecule has 0 atom stereocenters. The number of pyridine rings is 1. The molecule has 4 heterocycles. The number of fused-ring (bicyclic) bond motifs is 6. The second-order valence-electron chi connectivity index (χ2n) is 11.2. The Kier molecular flexibility index (Phi) is 5.93. The molecular formula is C33H29N4OPt-3. The van der Waals surface area contributed by atoms with E-state index in [2.05, 4.69) is 115 Å². The van der Waals surface area contributed by atoms with Crippen LogP contribution in [0.25, 0.3) is 27.6 Å². The maximum atomic E-state index is 6.42. The van der Waals surface area contributed by atoms with E-state index in [1.54, 1.807) is 0 Å². The van der Waals surface area contributed by atoms with E-state index in [4.69, 9.17) is 4.74 Å². The average Bonchev–Trinajstić information content (AvgIpc) is 3.46. The number of nitrogens with zero attached hydrogens (tertiary/aromatic N) is 4. The molecule has 5 nitrogen and oxygen atoms in total. The van der Waals surface area contributed by atoms with Crippen LogP contribution in [0, 0.1) is 24.2 Å². The zero-order valence-corrected chi connectivity index (χ0v) is 24.9. The van der Waals surface area contributed by atoms with E-state index in [0.717, 1.165) is 33.3 Å². The Balaban J connectivity index is 0.00000277. The zero-order valence-electron chi connectivity index (χ0n) is 22.6. The molecule has 6 heteroatoms. The molecule has 0 spiro atoms. The monoisotopic (exact) mass is 692 g/mol. The molecular weight excluding hydrogens is 663 g/mol. The van der Waals surface area contributed by atoms with Crippen LogP contribution >= 0.6 is 0 Å². The van der Waals surface area contributed by atoms with Crippen LogP contribution in [0.3, 0.4) is 0 Å². The van der Waals surface area contributed by atoms with Crippen molar-refractivity contribution in [3.63, 3.8) is 0 Å². The molecule has 0 amide bonds. The summed E-state index contributed by atoms with van der Waals surface area (Å²) in [7, 11) is 2.07. The molecule has 2 aliphatic heterocycles. The summed E-state index contributed by atoms with van der Waals surface area (Å²) in [4.78, 5) is 8.99. The number of allylic oxidation sites excluding steroid dienone is 1. The van der Waals surface area contributed by atoms with E-state index >= 15 is 0 Å². The van der Waals surface area contributed by atoms with Gasteiger partial charge in [0.1, 0.15) is 5.82 Å². The third kappa shape index (κ3) is 3.74. The molecule has 0 aliphatic carbocycles. The molecule has 5 aromatic rings. The van der Waals surface area contributed by atoms with Crippen molar-refractivity contribution in [2.75, 3.05) is 11.9 Å². The van der Waals surface area contributed by atoms with E-state index in [-0.39, 0.29) is 31.9 Å². The van der Waals surface area contributed by atoms with Crippen molar-refractivity contribution in [1.82, 2.24) is 14.5 Å². The van der Waals surface area contributed by atoms with E-state index in [1.165, 1.54) is 11.3 Å². The molecule has 0 fully saturated rings. The van der Waals surface area contributed by atoms with Crippen molar-refractivity contribution in [2.45, 2.75) is 33.1 Å². The van der Waals surface area contributed by atoms with Gasteiger partial charge < -0.3 is 19.1 Å². The molecule has 2 aromatic heterocycles. The SMILES string of the molecule is CN1C=C2N([CH-]1)c1[c-]c(Oc3[c-]c4c(cc3)c3ccccc3n4-c3ccccn3)ccc1C(C)(C)C2(C)C.[Pt]. The summed E-state index contributed by atoms with van der Waals surface area (Å²) in [6.07, 6.45) is 4.03. The van der Waals surface area contributed by atoms with Crippen LogP contribution in [0.15, 0.2) is 84.8 Å². The fourth-order valence-corrected chi connectivity index (χ4v) is 5.82. The predicted molar refractivity (Wildman–Crippen MR) is 152 cm³/mol. The molecule has 39 heavy (non-hydrogen) atoms.